The van der Waals surface area contributed by atoms with Gasteiger partial charge in [-0.2, -0.15) is 0 Å². The molecule has 0 amide bonds. The average Bonchev–Trinajstić information content (AvgIpc) is 2.81. The Hall–Kier alpha value is -1.91. The zero-order valence-electron chi connectivity index (χ0n) is 11.7. The normalized spacial score (nSPS) is 18.2. The topological polar surface area (TPSA) is 68.0 Å². The molecule has 0 atom stereocenters. The Labute approximate surface area is 117 Å². The molecule has 106 valence electrons. The van der Waals surface area contributed by atoms with Crippen LogP contribution in [0, 0.1) is 5.41 Å². The first-order valence-electron chi connectivity index (χ1n) is 7.14. The van der Waals surface area contributed by atoms with Gasteiger partial charge in [-0.1, -0.05) is 31.4 Å². The summed E-state index contributed by atoms with van der Waals surface area (Å²) in [6.07, 6.45) is 6.34. The Morgan fingerprint density at radius 3 is 2.80 bits per heavy atom. The summed E-state index contributed by atoms with van der Waals surface area (Å²) in [6.45, 7) is 3.17. The molecule has 0 aliphatic heterocycles. The van der Waals surface area contributed by atoms with E-state index in [4.69, 9.17) is 5.11 Å². The van der Waals surface area contributed by atoms with Gasteiger partial charge in [-0.15, -0.1) is 5.10 Å². The fraction of sp³-hybridized carbons (Fsp3) is 0.533. The molecule has 1 aliphatic carbocycles. The van der Waals surface area contributed by atoms with Crippen molar-refractivity contribution < 1.29 is 9.90 Å². The van der Waals surface area contributed by atoms with Crippen LogP contribution in [0.4, 0.5) is 0 Å². The van der Waals surface area contributed by atoms with Crippen molar-refractivity contribution in [2.45, 2.75) is 45.6 Å². The average molecular weight is 273 g/mol. The molecule has 2 aromatic rings. The van der Waals surface area contributed by atoms with E-state index < -0.39 is 5.97 Å². The van der Waals surface area contributed by atoms with Gasteiger partial charge in [0.05, 0.1) is 11.1 Å². The summed E-state index contributed by atoms with van der Waals surface area (Å²) in [5.41, 5.74) is 2.11. The van der Waals surface area contributed by atoms with Crippen molar-refractivity contribution >= 4 is 17.0 Å². The first-order valence-corrected chi connectivity index (χ1v) is 7.14. The predicted molar refractivity (Wildman–Crippen MR) is 75.7 cm³/mol. The van der Waals surface area contributed by atoms with E-state index in [1.54, 1.807) is 12.1 Å². The second-order valence-electron chi connectivity index (χ2n) is 6.13. The fourth-order valence-electron chi connectivity index (χ4n) is 3.15. The Morgan fingerprint density at radius 1 is 1.35 bits per heavy atom. The van der Waals surface area contributed by atoms with E-state index in [1.807, 2.05) is 10.7 Å². The summed E-state index contributed by atoms with van der Waals surface area (Å²) in [6, 6.07) is 5.02. The van der Waals surface area contributed by atoms with Crippen molar-refractivity contribution in [3.63, 3.8) is 0 Å². The molecule has 0 radical (unpaired) electrons. The summed E-state index contributed by atoms with van der Waals surface area (Å²) >= 11 is 0. The van der Waals surface area contributed by atoms with Gasteiger partial charge in [0.15, 0.2) is 0 Å². The van der Waals surface area contributed by atoms with Crippen molar-refractivity contribution in [3.8, 4) is 0 Å². The van der Waals surface area contributed by atoms with Crippen molar-refractivity contribution in [1.82, 2.24) is 15.0 Å². The van der Waals surface area contributed by atoms with E-state index in [-0.39, 0.29) is 11.0 Å². The number of nitrogens with zero attached hydrogens (tertiary/aromatic N) is 3. The molecule has 1 aromatic carbocycles. The third-order valence-corrected chi connectivity index (χ3v) is 4.35. The number of benzene rings is 1. The molecule has 0 spiro atoms. The number of aromatic nitrogens is 3. The molecule has 3 rings (SSSR count). The molecule has 1 fully saturated rings. The lowest BCUT2D eigenvalue weighted by Crippen LogP contribution is -2.26. The lowest BCUT2D eigenvalue weighted by molar-refractivity contribution is 0.0697. The summed E-state index contributed by atoms with van der Waals surface area (Å²) in [4.78, 5) is 11.0. The molecule has 20 heavy (non-hydrogen) atoms. The Bertz CT molecular complexity index is 642. The highest BCUT2D eigenvalue weighted by Gasteiger charge is 2.28. The molecule has 1 aromatic heterocycles. The Morgan fingerprint density at radius 2 is 2.10 bits per heavy atom. The van der Waals surface area contributed by atoms with Gasteiger partial charge in [-0.05, 0) is 36.5 Å². The maximum atomic E-state index is 11.0. The summed E-state index contributed by atoms with van der Waals surface area (Å²) in [7, 11) is 0. The predicted octanol–water partition coefficient (Wildman–Crippen LogP) is 3.10. The number of fused-ring (bicyclic) bond motifs is 1. The minimum Gasteiger partial charge on any atom is -0.478 e. The van der Waals surface area contributed by atoms with Crippen LogP contribution in [0.2, 0.25) is 0 Å². The molecular weight excluding hydrogens is 254 g/mol. The molecule has 1 saturated carbocycles. The zero-order valence-corrected chi connectivity index (χ0v) is 11.7. The van der Waals surface area contributed by atoms with Crippen LogP contribution in [-0.4, -0.2) is 26.1 Å². The summed E-state index contributed by atoms with van der Waals surface area (Å²) in [5.74, 6) is -0.930. The number of aromatic carboxylic acids is 1. The van der Waals surface area contributed by atoms with Crippen LogP contribution in [0.1, 0.15) is 49.4 Å². The van der Waals surface area contributed by atoms with E-state index in [2.05, 4.69) is 17.2 Å². The van der Waals surface area contributed by atoms with Crippen LogP contribution in [0.15, 0.2) is 18.2 Å². The summed E-state index contributed by atoms with van der Waals surface area (Å²) < 4.78 is 1.92. The molecule has 1 aliphatic rings. The molecule has 1 heterocycles. The van der Waals surface area contributed by atoms with Gasteiger partial charge in [0.25, 0.3) is 0 Å². The van der Waals surface area contributed by atoms with E-state index in [0.29, 0.717) is 5.52 Å². The zero-order chi connectivity index (χ0) is 14.2. The van der Waals surface area contributed by atoms with Crippen molar-refractivity contribution in [1.29, 1.82) is 0 Å². The van der Waals surface area contributed by atoms with E-state index in [0.717, 1.165) is 12.1 Å². The van der Waals surface area contributed by atoms with Crippen molar-refractivity contribution in [3.05, 3.63) is 23.8 Å². The van der Waals surface area contributed by atoms with Crippen LogP contribution >= 0.6 is 0 Å². The monoisotopic (exact) mass is 273 g/mol. The first-order chi connectivity index (χ1) is 9.57. The SMILES string of the molecule is CC1(Cn2nnc3cc(C(=O)O)ccc32)CCCCC1. The van der Waals surface area contributed by atoms with Crippen molar-refractivity contribution in [2.75, 3.05) is 0 Å². The van der Waals surface area contributed by atoms with Crippen LogP contribution in [0.5, 0.6) is 0 Å². The lowest BCUT2D eigenvalue weighted by Gasteiger charge is -2.33. The van der Waals surface area contributed by atoms with E-state index in [9.17, 15) is 4.79 Å². The van der Waals surface area contributed by atoms with Crippen molar-refractivity contribution in [2.24, 2.45) is 5.41 Å². The second-order valence-corrected chi connectivity index (χ2v) is 6.13. The standard InChI is InChI=1S/C15H19N3O2/c1-15(7-3-2-4-8-15)10-18-13-6-5-11(14(19)20)9-12(13)16-17-18/h5-6,9H,2-4,7-8,10H2,1H3,(H,19,20). The highest BCUT2D eigenvalue weighted by atomic mass is 16.4. The van der Waals surface area contributed by atoms with Gasteiger partial charge in [0.2, 0.25) is 0 Å². The van der Waals surface area contributed by atoms with E-state index >= 15 is 0 Å². The number of carboxylic acid groups (broad SMARTS) is 1. The van der Waals surface area contributed by atoms with Gasteiger partial charge < -0.3 is 5.11 Å². The highest BCUT2D eigenvalue weighted by Crippen LogP contribution is 2.37. The van der Waals surface area contributed by atoms with Gasteiger partial charge in [0.1, 0.15) is 5.52 Å². The Balaban J connectivity index is 1.90. The van der Waals surface area contributed by atoms with Gasteiger partial charge in [0, 0.05) is 6.54 Å². The fourth-order valence-corrected chi connectivity index (χ4v) is 3.15. The Kier molecular flexibility index (Phi) is 3.20. The first kappa shape index (κ1) is 13.1. The maximum Gasteiger partial charge on any atom is 0.335 e. The smallest absolute Gasteiger partial charge is 0.335 e. The quantitative estimate of drug-likeness (QED) is 0.933. The number of hydrogen-bond donors (Lipinski definition) is 1. The molecule has 5 nitrogen and oxygen atoms in total. The third-order valence-electron chi connectivity index (χ3n) is 4.35. The second kappa shape index (κ2) is 4.89. The number of rotatable bonds is 3. The molecule has 5 heteroatoms. The lowest BCUT2D eigenvalue weighted by atomic mass is 9.76. The summed E-state index contributed by atoms with van der Waals surface area (Å²) in [5, 5.41) is 17.3. The number of carbonyl (C=O) groups is 1. The minimum atomic E-state index is -0.930. The molecule has 0 saturated heterocycles. The number of hydrogen-bond acceptors (Lipinski definition) is 3. The molecule has 1 N–H and O–H groups in total. The number of carboxylic acids is 1. The molecule has 0 bridgehead atoms. The van der Waals surface area contributed by atoms with Crippen LogP contribution < -0.4 is 0 Å². The largest absolute Gasteiger partial charge is 0.478 e. The van der Waals surface area contributed by atoms with Gasteiger partial charge in [-0.25, -0.2) is 9.48 Å². The van der Waals surface area contributed by atoms with Crippen LogP contribution in [0.3, 0.4) is 0 Å². The van der Waals surface area contributed by atoms with Gasteiger partial charge >= 0.3 is 5.97 Å². The van der Waals surface area contributed by atoms with Gasteiger partial charge in [-0.3, -0.25) is 0 Å². The van der Waals surface area contributed by atoms with Crippen LogP contribution in [0.25, 0.3) is 11.0 Å². The molecular formula is C15H19N3O2. The third kappa shape index (κ3) is 2.40. The highest BCUT2D eigenvalue weighted by molar-refractivity contribution is 5.92. The maximum absolute atomic E-state index is 11.0. The van der Waals surface area contributed by atoms with Crippen LogP contribution in [-0.2, 0) is 6.54 Å². The van der Waals surface area contributed by atoms with E-state index in [1.165, 1.54) is 32.1 Å². The molecule has 0 unspecified atom stereocenters. The minimum absolute atomic E-state index is 0.258.